The van der Waals surface area contributed by atoms with Gasteiger partial charge in [0.15, 0.2) is 0 Å². The number of unbranched alkanes of at least 4 members (excludes halogenated alkanes) is 3. The molecule has 0 amide bonds. The van der Waals surface area contributed by atoms with E-state index in [1.807, 2.05) is 60.8 Å². The molecule has 0 unspecified atom stereocenters. The molecule has 2 nitrogen and oxygen atoms in total. The third-order valence-electron chi connectivity index (χ3n) is 6.63. The Bertz CT molecular complexity index is 1030. The summed E-state index contributed by atoms with van der Waals surface area (Å²) >= 11 is 3.90. The van der Waals surface area contributed by atoms with Crippen molar-refractivity contribution in [3.05, 3.63) is 138 Å². The number of methoxy groups -OCH3 is 1. The van der Waals surface area contributed by atoms with Crippen LogP contribution in [0.25, 0.3) is 0 Å². The van der Waals surface area contributed by atoms with E-state index in [9.17, 15) is 0 Å². The second kappa shape index (κ2) is 34.7. The van der Waals surface area contributed by atoms with Gasteiger partial charge >= 0.3 is 0 Å². The summed E-state index contributed by atoms with van der Waals surface area (Å²) in [5.41, 5.74) is 5.49. The van der Waals surface area contributed by atoms with Crippen molar-refractivity contribution < 1.29 is 9.47 Å². The minimum Gasteiger partial charge on any atom is -0.497 e. The van der Waals surface area contributed by atoms with Crippen LogP contribution in [0.2, 0.25) is 0 Å². The molecule has 260 valence electrons. The molecule has 0 aliphatic rings. The van der Waals surface area contributed by atoms with Crippen LogP contribution in [0.5, 0.6) is 5.75 Å². The molecule has 0 bridgehead atoms. The van der Waals surface area contributed by atoms with Gasteiger partial charge in [0.05, 0.1) is 13.7 Å². The second-order valence-corrected chi connectivity index (χ2v) is 13.2. The van der Waals surface area contributed by atoms with Gasteiger partial charge in [-0.3, -0.25) is 0 Å². The van der Waals surface area contributed by atoms with Crippen LogP contribution < -0.4 is 4.74 Å². The van der Waals surface area contributed by atoms with Crippen LogP contribution in [0.4, 0.5) is 0 Å². The summed E-state index contributed by atoms with van der Waals surface area (Å²) in [6.45, 7) is 14.5. The van der Waals surface area contributed by atoms with Crippen LogP contribution in [0.15, 0.2) is 115 Å². The van der Waals surface area contributed by atoms with E-state index in [2.05, 4.69) is 120 Å². The molecule has 47 heavy (non-hydrogen) atoms. The average Bonchev–Trinajstić information content (AvgIpc) is 3.14. The number of hydrogen-bond acceptors (Lipinski definition) is 4. The number of hydrogen-bond donors (Lipinski definition) is 0. The van der Waals surface area contributed by atoms with Crippen molar-refractivity contribution in [2.75, 3.05) is 25.2 Å². The number of thioether (sulfide) groups is 2. The van der Waals surface area contributed by atoms with Gasteiger partial charge in [0, 0.05) is 18.1 Å². The van der Waals surface area contributed by atoms with Crippen LogP contribution in [-0.2, 0) is 29.3 Å². The van der Waals surface area contributed by atoms with Crippen LogP contribution in [0, 0.1) is 0 Å². The van der Waals surface area contributed by atoms with E-state index in [1.165, 1.54) is 72.3 Å². The molecular weight excluding hydrogens is 613 g/mol. The van der Waals surface area contributed by atoms with Gasteiger partial charge < -0.3 is 9.47 Å². The van der Waals surface area contributed by atoms with Crippen LogP contribution in [0.1, 0.15) is 95.9 Å². The second-order valence-electron chi connectivity index (χ2n) is 10.7. The Morgan fingerprint density at radius 3 is 1.28 bits per heavy atom. The molecular formula is C43H64O2S2. The highest BCUT2D eigenvalue weighted by Gasteiger charge is 1.93. The maximum Gasteiger partial charge on any atom is 0.118 e. The SMILES string of the molecule is CCCCC.CCCCc1ccccc1.CCOCc1ccccc1.CCSCc1ccc(OC)cc1.CCSCc1ccccc1. The Morgan fingerprint density at radius 2 is 0.894 bits per heavy atom. The molecule has 4 aromatic rings. The lowest BCUT2D eigenvalue weighted by Crippen LogP contribution is -1.90. The van der Waals surface area contributed by atoms with Gasteiger partial charge in [-0.25, -0.2) is 0 Å². The highest BCUT2D eigenvalue weighted by Crippen LogP contribution is 2.16. The Balaban J connectivity index is 0.000000574. The van der Waals surface area contributed by atoms with Gasteiger partial charge in [0.1, 0.15) is 5.75 Å². The fraction of sp³-hybridized carbons (Fsp3) is 0.442. The van der Waals surface area contributed by atoms with Crippen LogP contribution in [-0.4, -0.2) is 25.2 Å². The molecule has 0 aromatic heterocycles. The first kappa shape index (κ1) is 44.3. The lowest BCUT2D eigenvalue weighted by Gasteiger charge is -2.01. The Kier molecular flexibility index (Phi) is 32.7. The van der Waals surface area contributed by atoms with Gasteiger partial charge in [0.25, 0.3) is 0 Å². The van der Waals surface area contributed by atoms with E-state index >= 15 is 0 Å². The van der Waals surface area contributed by atoms with Gasteiger partial charge in [-0.2, -0.15) is 23.5 Å². The van der Waals surface area contributed by atoms with E-state index in [1.54, 1.807) is 7.11 Å². The average molecular weight is 677 g/mol. The monoisotopic (exact) mass is 676 g/mol. The fourth-order valence-electron chi connectivity index (χ4n) is 3.91. The molecule has 0 spiro atoms. The number of aryl methyl sites for hydroxylation is 1. The molecule has 0 radical (unpaired) electrons. The van der Waals surface area contributed by atoms with E-state index in [-0.39, 0.29) is 0 Å². The molecule has 0 aliphatic carbocycles. The summed E-state index contributed by atoms with van der Waals surface area (Å²) in [4.78, 5) is 0. The highest BCUT2D eigenvalue weighted by molar-refractivity contribution is 7.98. The summed E-state index contributed by atoms with van der Waals surface area (Å²) in [7, 11) is 1.69. The quantitative estimate of drug-likeness (QED) is 0.125. The Hall–Kier alpha value is -2.66. The molecule has 0 aliphatic heterocycles. The zero-order chi connectivity index (χ0) is 34.6. The van der Waals surface area contributed by atoms with Gasteiger partial charge in [-0.1, -0.05) is 163 Å². The summed E-state index contributed by atoms with van der Waals surface area (Å²) in [6, 6.07) is 39.6. The molecule has 0 N–H and O–H groups in total. The van der Waals surface area contributed by atoms with E-state index in [4.69, 9.17) is 9.47 Å². The Morgan fingerprint density at radius 1 is 0.468 bits per heavy atom. The lowest BCUT2D eigenvalue weighted by atomic mass is 10.1. The first-order valence-electron chi connectivity index (χ1n) is 17.6. The molecule has 4 rings (SSSR count). The predicted molar refractivity (Wildman–Crippen MR) is 215 cm³/mol. The van der Waals surface area contributed by atoms with E-state index in [0.717, 1.165) is 30.5 Å². The van der Waals surface area contributed by atoms with Crippen molar-refractivity contribution in [3.63, 3.8) is 0 Å². The molecule has 0 fully saturated rings. The van der Waals surface area contributed by atoms with Crippen molar-refractivity contribution in [3.8, 4) is 5.75 Å². The predicted octanol–water partition coefficient (Wildman–Crippen LogP) is 13.3. The third-order valence-corrected chi connectivity index (χ3v) is 8.52. The third kappa shape index (κ3) is 28.1. The fourth-order valence-corrected chi connectivity index (χ4v) is 5.17. The molecule has 0 atom stereocenters. The number of ether oxygens (including phenoxy) is 2. The number of rotatable bonds is 15. The van der Waals surface area contributed by atoms with Crippen LogP contribution in [0.3, 0.4) is 0 Å². The smallest absolute Gasteiger partial charge is 0.118 e. The summed E-state index contributed by atoms with van der Waals surface area (Å²) in [6.07, 6.45) is 7.91. The molecule has 0 saturated heterocycles. The Labute approximate surface area is 298 Å². The number of benzene rings is 4. The van der Waals surface area contributed by atoms with Crippen molar-refractivity contribution in [1.29, 1.82) is 0 Å². The van der Waals surface area contributed by atoms with Gasteiger partial charge in [-0.15, -0.1) is 0 Å². The highest BCUT2D eigenvalue weighted by atomic mass is 32.2. The van der Waals surface area contributed by atoms with Crippen molar-refractivity contribution >= 4 is 23.5 Å². The maximum absolute atomic E-state index is 5.22. The molecule has 0 heterocycles. The maximum atomic E-state index is 5.22. The molecule has 4 heteroatoms. The first-order valence-corrected chi connectivity index (χ1v) is 19.9. The summed E-state index contributed by atoms with van der Waals surface area (Å²) in [5, 5.41) is 0. The lowest BCUT2D eigenvalue weighted by molar-refractivity contribution is 0.134. The van der Waals surface area contributed by atoms with Gasteiger partial charge in [-0.05, 0) is 65.7 Å². The largest absolute Gasteiger partial charge is 0.497 e. The minimum atomic E-state index is 0.733. The summed E-state index contributed by atoms with van der Waals surface area (Å²) in [5.74, 6) is 5.55. The molecule has 0 saturated carbocycles. The zero-order valence-electron chi connectivity index (χ0n) is 30.6. The van der Waals surface area contributed by atoms with E-state index in [0.29, 0.717) is 0 Å². The van der Waals surface area contributed by atoms with Crippen molar-refractivity contribution in [2.45, 2.75) is 98.2 Å². The normalized spacial score (nSPS) is 9.60. The van der Waals surface area contributed by atoms with Gasteiger partial charge in [0.2, 0.25) is 0 Å². The van der Waals surface area contributed by atoms with Crippen molar-refractivity contribution in [1.82, 2.24) is 0 Å². The standard InChI is InChI=1S/C10H14OS.C10H14.C9H12O.C9H12S.C5H12/c1-3-12-8-9-4-6-10(11-2)7-5-9;1-2-3-7-10-8-5-4-6-9-10;2*1-2-10-8-9-6-4-3-5-7-9;1-3-5-4-2/h4-7H,3,8H2,1-2H3;4-6,8-9H,2-3,7H2,1H3;2*3-7H,2,8H2,1H3;3-5H2,1-2H3. The molecule has 4 aromatic carbocycles. The zero-order valence-corrected chi connectivity index (χ0v) is 32.2. The summed E-state index contributed by atoms with van der Waals surface area (Å²) < 4.78 is 10.3. The van der Waals surface area contributed by atoms with E-state index < -0.39 is 0 Å². The van der Waals surface area contributed by atoms with Crippen molar-refractivity contribution in [2.24, 2.45) is 0 Å². The minimum absolute atomic E-state index is 0.733. The topological polar surface area (TPSA) is 18.5 Å². The van der Waals surface area contributed by atoms with Crippen LogP contribution >= 0.6 is 23.5 Å². The first-order chi connectivity index (χ1) is 23.1.